The third-order valence-electron chi connectivity index (χ3n) is 10.7. The lowest BCUT2D eigenvalue weighted by Crippen LogP contribution is -2.55. The molecule has 3 aromatic rings. The molecular weight excluding hydrogens is 680 g/mol. The molecule has 3 amide bonds. The van der Waals surface area contributed by atoms with Crippen LogP contribution in [0.3, 0.4) is 0 Å². The van der Waals surface area contributed by atoms with Gasteiger partial charge >= 0.3 is 5.97 Å². The first kappa shape index (κ1) is 36.4. The third kappa shape index (κ3) is 7.10. The van der Waals surface area contributed by atoms with Crippen molar-refractivity contribution in [1.82, 2.24) is 30.1 Å². The fourth-order valence-corrected chi connectivity index (χ4v) is 8.23. The number of hydrogen-bond donors (Lipinski definition) is 2. The van der Waals surface area contributed by atoms with Crippen molar-refractivity contribution >= 4 is 34.7 Å². The molecule has 280 valence electrons. The number of aromatic nitrogens is 3. The van der Waals surface area contributed by atoms with Crippen LogP contribution >= 0.6 is 0 Å². The van der Waals surface area contributed by atoms with Gasteiger partial charge in [-0.3, -0.25) is 19.2 Å². The zero-order valence-electron chi connectivity index (χ0n) is 29.8. The normalized spacial score (nSPS) is 29.5. The number of hydrogen-bond acceptors (Lipinski definition) is 10. The highest BCUT2D eigenvalue weighted by Crippen LogP contribution is 2.53. The number of ether oxygens (including phenoxy) is 3. The zero-order valence-corrected chi connectivity index (χ0v) is 29.8. The van der Waals surface area contributed by atoms with Crippen LogP contribution in [0.5, 0.6) is 0 Å². The molecule has 5 heterocycles. The number of fused-ring (bicyclic) bond motifs is 3. The first-order valence-corrected chi connectivity index (χ1v) is 18.4. The van der Waals surface area contributed by atoms with Crippen molar-refractivity contribution in [2.24, 2.45) is 11.8 Å². The van der Waals surface area contributed by atoms with Gasteiger partial charge in [0.2, 0.25) is 11.8 Å². The lowest BCUT2D eigenvalue weighted by Gasteiger charge is -2.35. The molecular formula is C39H46N6O8. The summed E-state index contributed by atoms with van der Waals surface area (Å²) in [6, 6.07) is 14.8. The number of aliphatic hydroxyl groups is 1. The third-order valence-corrected chi connectivity index (χ3v) is 10.7. The number of benzene rings is 2. The summed E-state index contributed by atoms with van der Waals surface area (Å²) in [5.74, 6) is -3.73. The van der Waals surface area contributed by atoms with E-state index in [1.165, 1.54) is 7.11 Å². The number of para-hydroxylation sites is 1. The number of allylic oxidation sites excluding steroid dienone is 1. The summed E-state index contributed by atoms with van der Waals surface area (Å²) in [6.07, 6.45) is 8.60. The van der Waals surface area contributed by atoms with E-state index in [9.17, 15) is 24.3 Å². The van der Waals surface area contributed by atoms with Gasteiger partial charge in [0, 0.05) is 33.2 Å². The van der Waals surface area contributed by atoms with Gasteiger partial charge in [-0.1, -0.05) is 84.8 Å². The lowest BCUT2D eigenvalue weighted by atomic mass is 9.77. The zero-order chi connectivity index (χ0) is 37.0. The second-order valence-corrected chi connectivity index (χ2v) is 14.1. The molecule has 0 bridgehead atoms. The van der Waals surface area contributed by atoms with E-state index in [0.29, 0.717) is 30.3 Å². The van der Waals surface area contributed by atoms with Crippen LogP contribution in [-0.2, 0) is 40.1 Å². The number of nitrogens with one attached hydrogen (secondary N) is 1. The Hall–Kier alpha value is -4.92. The number of carbonyl (C=O) groups is 4. The summed E-state index contributed by atoms with van der Waals surface area (Å²) in [5, 5.41) is 20.9. The molecule has 0 unspecified atom stereocenters. The number of amides is 3. The van der Waals surface area contributed by atoms with Gasteiger partial charge in [-0.15, -0.1) is 5.10 Å². The van der Waals surface area contributed by atoms with Crippen LogP contribution in [0.2, 0.25) is 0 Å². The number of methoxy groups -OCH3 is 1. The molecule has 53 heavy (non-hydrogen) atoms. The van der Waals surface area contributed by atoms with Gasteiger partial charge in [-0.2, -0.15) is 0 Å². The number of cyclic esters (lactones) is 1. The molecule has 2 saturated heterocycles. The monoisotopic (exact) mass is 726 g/mol. The minimum absolute atomic E-state index is 0.0750. The molecule has 7 atom stereocenters. The predicted octanol–water partition coefficient (Wildman–Crippen LogP) is 2.69. The maximum atomic E-state index is 14.9. The van der Waals surface area contributed by atoms with Crippen molar-refractivity contribution in [2.75, 3.05) is 33.4 Å². The fraction of sp³-hybridized carbons (Fsp3) is 0.487. The van der Waals surface area contributed by atoms with Gasteiger partial charge in [-0.25, -0.2) is 4.68 Å². The summed E-state index contributed by atoms with van der Waals surface area (Å²) < 4.78 is 20.3. The minimum atomic E-state index is -1.47. The number of carbonyl (C=O) groups excluding carboxylic acids is 4. The predicted molar refractivity (Wildman–Crippen MR) is 191 cm³/mol. The van der Waals surface area contributed by atoms with E-state index >= 15 is 0 Å². The van der Waals surface area contributed by atoms with Crippen LogP contribution < -0.4 is 5.32 Å². The first-order chi connectivity index (χ1) is 25.9. The van der Waals surface area contributed by atoms with Crippen molar-refractivity contribution in [2.45, 2.75) is 75.1 Å². The summed E-state index contributed by atoms with van der Waals surface area (Å²) in [5.41, 5.74) is 0.640. The second kappa shape index (κ2) is 16.0. The number of likely N-dealkylation sites (tertiary alicyclic amines) is 1. The van der Waals surface area contributed by atoms with Gasteiger partial charge in [-0.05, 0) is 37.0 Å². The molecule has 14 nitrogen and oxygen atoms in total. The van der Waals surface area contributed by atoms with Crippen LogP contribution in [-0.4, -0.2) is 111 Å². The average molecular weight is 727 g/mol. The Morgan fingerprint density at radius 2 is 1.77 bits per heavy atom. The molecule has 2 N–H and O–H groups in total. The quantitative estimate of drug-likeness (QED) is 0.171. The first-order valence-electron chi connectivity index (χ1n) is 18.4. The van der Waals surface area contributed by atoms with E-state index in [1.807, 2.05) is 60.7 Å². The van der Waals surface area contributed by atoms with E-state index in [1.54, 1.807) is 32.7 Å². The summed E-state index contributed by atoms with van der Waals surface area (Å²) in [7, 11) is 1.51. The molecule has 7 rings (SSSR count). The van der Waals surface area contributed by atoms with E-state index in [0.717, 1.165) is 18.4 Å². The Morgan fingerprint density at radius 1 is 0.981 bits per heavy atom. The fourth-order valence-electron chi connectivity index (χ4n) is 8.23. The van der Waals surface area contributed by atoms with Crippen LogP contribution in [0, 0.1) is 11.8 Å². The molecule has 2 aromatic carbocycles. The Labute approximate surface area is 307 Å². The largest absolute Gasteiger partial charge is 0.455 e. The summed E-state index contributed by atoms with van der Waals surface area (Å²) in [4.78, 5) is 60.6. The van der Waals surface area contributed by atoms with Crippen LogP contribution in [0.4, 0.5) is 0 Å². The summed E-state index contributed by atoms with van der Waals surface area (Å²) >= 11 is 0. The van der Waals surface area contributed by atoms with Gasteiger partial charge < -0.3 is 34.4 Å². The second-order valence-electron chi connectivity index (χ2n) is 14.1. The van der Waals surface area contributed by atoms with Gasteiger partial charge in [0.15, 0.2) is 0 Å². The van der Waals surface area contributed by atoms with E-state index < -0.39 is 47.7 Å². The van der Waals surface area contributed by atoms with E-state index in [-0.39, 0.29) is 57.1 Å². The standard InChI is InChI=1S/C39H46N6O8/c1-51-24-28-34(26-14-5-4-6-15-26)52-38(50)32-30(18-9-10-19-31(47)40-28)53-39-20-13-21-43(25-45-29-17-8-7-16-27(29)41-42-45)37(49)35(39)44(36(48)33(32)39)22-11-2-3-12-23-46/h4-9,13-18,20,28,30,32-35,46H,2-3,10-12,19,21-25H2,1H3,(H,40,47)/b18-9-/t28-,30-,32+,33+,34-,35-,39+/m0/s1. The number of esters is 1. The molecule has 4 aliphatic rings. The molecule has 1 spiro atoms. The number of aliphatic hydroxyl groups excluding tert-OH is 1. The van der Waals surface area contributed by atoms with Crippen LogP contribution in [0.1, 0.15) is 50.2 Å². The number of nitrogens with zero attached hydrogens (tertiary/aromatic N) is 5. The van der Waals surface area contributed by atoms with Crippen molar-refractivity contribution in [1.29, 1.82) is 0 Å². The van der Waals surface area contributed by atoms with Crippen LogP contribution in [0.25, 0.3) is 11.0 Å². The molecule has 0 aliphatic carbocycles. The van der Waals surface area contributed by atoms with Crippen molar-refractivity contribution in [3.63, 3.8) is 0 Å². The molecule has 4 aliphatic heterocycles. The highest BCUT2D eigenvalue weighted by molar-refractivity contribution is 5.99. The molecule has 0 radical (unpaired) electrons. The SMILES string of the molecule is COC[C@@H]1NC(=O)CC/C=C\[C@@H]2O[C@@]34C=CCN(Cn5nnc6ccccc65)C(=O)[C@@H]3N(CCCCCCO)C(=O)[C@H]4[C@@H]2C(=O)O[C@H]1c1ccccc1. The topological polar surface area (TPSA) is 165 Å². The highest BCUT2D eigenvalue weighted by Gasteiger charge is 2.71. The molecule has 2 fully saturated rings. The molecule has 1 aromatic heterocycles. The Bertz CT molecular complexity index is 1860. The maximum Gasteiger partial charge on any atom is 0.313 e. The van der Waals surface area contributed by atoms with Gasteiger partial charge in [0.05, 0.1) is 30.2 Å². The highest BCUT2D eigenvalue weighted by atomic mass is 16.6. The van der Waals surface area contributed by atoms with E-state index in [4.69, 9.17) is 14.2 Å². The van der Waals surface area contributed by atoms with Crippen molar-refractivity contribution in [3.8, 4) is 0 Å². The van der Waals surface area contributed by atoms with Gasteiger partial charge in [0.1, 0.15) is 35.9 Å². The average Bonchev–Trinajstić information content (AvgIpc) is 3.76. The number of rotatable bonds is 11. The van der Waals surface area contributed by atoms with E-state index in [2.05, 4.69) is 15.6 Å². The van der Waals surface area contributed by atoms with Crippen molar-refractivity contribution < 1.29 is 38.5 Å². The maximum absolute atomic E-state index is 14.9. The molecule has 14 heteroatoms. The van der Waals surface area contributed by atoms with Crippen LogP contribution in [0.15, 0.2) is 78.9 Å². The van der Waals surface area contributed by atoms with Crippen molar-refractivity contribution in [3.05, 3.63) is 84.5 Å². The smallest absolute Gasteiger partial charge is 0.313 e. The Morgan fingerprint density at radius 3 is 2.58 bits per heavy atom. The number of unbranched alkanes of at least 4 members (excludes halogenated alkanes) is 3. The summed E-state index contributed by atoms with van der Waals surface area (Å²) in [6.45, 7) is 0.739. The Kier molecular flexibility index (Phi) is 11.0. The minimum Gasteiger partial charge on any atom is -0.455 e. The Balaban J connectivity index is 1.27. The lowest BCUT2D eigenvalue weighted by molar-refractivity contribution is -0.162. The van der Waals surface area contributed by atoms with Gasteiger partial charge in [0.25, 0.3) is 5.91 Å². The molecule has 0 saturated carbocycles.